The van der Waals surface area contributed by atoms with E-state index in [1.165, 1.54) is 22.3 Å². The maximum atomic E-state index is 5.79. The van der Waals surface area contributed by atoms with E-state index < -0.39 is 0 Å². The number of nitrogens with zero attached hydrogens (tertiary/aromatic N) is 2. The minimum absolute atomic E-state index is 0.312. The van der Waals surface area contributed by atoms with Crippen LogP contribution in [0.1, 0.15) is 33.8 Å². The Balaban J connectivity index is 1.64. The van der Waals surface area contributed by atoms with Crippen LogP contribution in [0.25, 0.3) is 0 Å². The zero-order valence-corrected chi connectivity index (χ0v) is 14.4. The molecule has 0 aliphatic carbocycles. The molecular formula is C19H18N2S2. The number of hydrogen-bond acceptors (Lipinski definition) is 3. The van der Waals surface area contributed by atoms with E-state index in [2.05, 4.69) is 58.3 Å². The summed E-state index contributed by atoms with van der Waals surface area (Å²) in [5.74, 6) is 0. The van der Waals surface area contributed by atoms with Crippen LogP contribution >= 0.6 is 24.0 Å². The molecule has 0 N–H and O–H groups in total. The number of fused-ring (bicyclic) bond motifs is 7. The lowest BCUT2D eigenvalue weighted by molar-refractivity contribution is 0.0638. The van der Waals surface area contributed by atoms with Crippen LogP contribution in [0.3, 0.4) is 0 Å². The molecule has 3 aliphatic heterocycles. The maximum absolute atomic E-state index is 5.79. The summed E-state index contributed by atoms with van der Waals surface area (Å²) in [4.78, 5) is 5.09. The first-order valence-electron chi connectivity index (χ1n) is 8.21. The Kier molecular flexibility index (Phi) is 3.25. The van der Waals surface area contributed by atoms with Crippen LogP contribution < -0.4 is 0 Å². The van der Waals surface area contributed by atoms with Crippen molar-refractivity contribution >= 4 is 28.3 Å². The molecule has 3 heterocycles. The first-order chi connectivity index (χ1) is 11.3. The maximum Gasteiger partial charge on any atom is 0.139 e. The highest BCUT2D eigenvalue weighted by atomic mass is 32.2. The van der Waals surface area contributed by atoms with E-state index in [1.807, 2.05) is 11.8 Å². The lowest BCUT2D eigenvalue weighted by Crippen LogP contribution is -2.53. The van der Waals surface area contributed by atoms with Gasteiger partial charge in [-0.2, -0.15) is 0 Å². The van der Waals surface area contributed by atoms with Gasteiger partial charge in [0.2, 0.25) is 0 Å². The standard InChI is InChI=1S/C19H18N2S2/c22-19-21-12-10-13-5-1-3-7-15(13)17(21)20-11-9-14-6-2-4-8-16(14)18(20)23-19/h1-8,17-18H,9-12H2. The zero-order chi connectivity index (χ0) is 15.4. The third-order valence-electron chi connectivity index (χ3n) is 5.27. The molecule has 2 nitrogen and oxygen atoms in total. The molecular weight excluding hydrogens is 320 g/mol. The highest BCUT2D eigenvalue weighted by Gasteiger charge is 2.44. The Morgan fingerprint density at radius 1 is 0.870 bits per heavy atom. The van der Waals surface area contributed by atoms with Crippen molar-refractivity contribution in [1.82, 2.24) is 9.80 Å². The van der Waals surface area contributed by atoms with Gasteiger partial charge >= 0.3 is 0 Å². The Hall–Kier alpha value is -1.36. The molecule has 0 spiro atoms. The molecule has 2 unspecified atom stereocenters. The largest absolute Gasteiger partial charge is 0.337 e. The summed E-state index contributed by atoms with van der Waals surface area (Å²) in [6, 6.07) is 17.8. The van der Waals surface area contributed by atoms with E-state index in [0.717, 1.165) is 30.3 Å². The van der Waals surface area contributed by atoms with Crippen LogP contribution in [-0.2, 0) is 12.8 Å². The summed E-state index contributed by atoms with van der Waals surface area (Å²) in [7, 11) is 0. The minimum atomic E-state index is 0.312. The van der Waals surface area contributed by atoms with Gasteiger partial charge in [0, 0.05) is 13.1 Å². The second kappa shape index (κ2) is 5.33. The lowest BCUT2D eigenvalue weighted by Gasteiger charge is -2.53. The molecule has 4 heteroatoms. The number of thiocarbonyl (C=S) groups is 1. The van der Waals surface area contributed by atoms with Gasteiger partial charge < -0.3 is 4.90 Å². The number of thioether (sulfide) groups is 1. The average molecular weight is 339 g/mol. The van der Waals surface area contributed by atoms with Crippen LogP contribution in [-0.4, -0.2) is 27.2 Å². The van der Waals surface area contributed by atoms with Crippen molar-refractivity contribution in [2.24, 2.45) is 0 Å². The number of hydrogen-bond donors (Lipinski definition) is 0. The Morgan fingerprint density at radius 2 is 1.52 bits per heavy atom. The summed E-state index contributed by atoms with van der Waals surface area (Å²) in [5, 5.41) is 0.361. The quantitative estimate of drug-likeness (QED) is 0.666. The Bertz CT molecular complexity index is 788. The van der Waals surface area contributed by atoms with Gasteiger partial charge in [-0.05, 0) is 35.1 Å². The van der Waals surface area contributed by atoms with Crippen molar-refractivity contribution in [3.63, 3.8) is 0 Å². The molecule has 1 fully saturated rings. The fourth-order valence-corrected chi connectivity index (χ4v) is 5.88. The summed E-state index contributed by atoms with van der Waals surface area (Å²) < 4.78 is 1.06. The van der Waals surface area contributed by atoms with Gasteiger partial charge in [0.25, 0.3) is 0 Å². The van der Waals surface area contributed by atoms with E-state index in [1.54, 1.807) is 0 Å². The summed E-state index contributed by atoms with van der Waals surface area (Å²) in [6.45, 7) is 2.14. The fourth-order valence-electron chi connectivity index (χ4n) is 4.19. The first kappa shape index (κ1) is 14.0. The van der Waals surface area contributed by atoms with Crippen LogP contribution in [0.15, 0.2) is 48.5 Å². The average Bonchev–Trinajstić information content (AvgIpc) is 2.61. The lowest BCUT2D eigenvalue weighted by atomic mass is 9.93. The van der Waals surface area contributed by atoms with Gasteiger partial charge in [0.05, 0.1) is 5.37 Å². The summed E-state index contributed by atoms with van der Waals surface area (Å²) in [5.41, 5.74) is 5.88. The normalized spacial score (nSPS) is 26.1. The second-order valence-corrected chi connectivity index (χ2v) is 8.15. The molecule has 2 aromatic rings. The predicted octanol–water partition coefficient (Wildman–Crippen LogP) is 4.13. The molecule has 1 saturated heterocycles. The highest BCUT2D eigenvalue weighted by molar-refractivity contribution is 8.23. The number of benzene rings is 2. The molecule has 2 aromatic carbocycles. The number of rotatable bonds is 0. The van der Waals surface area contributed by atoms with Gasteiger partial charge in [-0.3, -0.25) is 4.90 Å². The van der Waals surface area contributed by atoms with Gasteiger partial charge in [-0.25, -0.2) is 0 Å². The van der Waals surface area contributed by atoms with E-state index in [-0.39, 0.29) is 0 Å². The van der Waals surface area contributed by atoms with Gasteiger partial charge in [-0.15, -0.1) is 0 Å². The molecule has 0 bridgehead atoms. The Morgan fingerprint density at radius 3 is 2.35 bits per heavy atom. The third kappa shape index (κ3) is 2.09. The molecule has 0 radical (unpaired) electrons. The van der Waals surface area contributed by atoms with Crippen molar-refractivity contribution in [3.05, 3.63) is 70.8 Å². The van der Waals surface area contributed by atoms with Crippen molar-refractivity contribution in [2.75, 3.05) is 13.1 Å². The molecule has 23 heavy (non-hydrogen) atoms. The van der Waals surface area contributed by atoms with E-state index in [9.17, 15) is 0 Å². The van der Waals surface area contributed by atoms with E-state index >= 15 is 0 Å². The summed E-state index contributed by atoms with van der Waals surface area (Å²) in [6.07, 6.45) is 2.54. The predicted molar refractivity (Wildman–Crippen MR) is 99.4 cm³/mol. The summed E-state index contributed by atoms with van der Waals surface area (Å²) >= 11 is 7.65. The van der Waals surface area contributed by atoms with E-state index in [0.29, 0.717) is 11.5 Å². The SMILES string of the molecule is S=C1SC2c3ccccc3CCN2C2c3ccccc3CCN12. The van der Waals surface area contributed by atoms with Crippen molar-refractivity contribution in [2.45, 2.75) is 24.4 Å². The topological polar surface area (TPSA) is 6.48 Å². The molecule has 0 aromatic heterocycles. The zero-order valence-electron chi connectivity index (χ0n) is 12.8. The molecule has 0 amide bonds. The van der Waals surface area contributed by atoms with Crippen molar-refractivity contribution < 1.29 is 0 Å². The molecule has 5 rings (SSSR count). The molecule has 0 saturated carbocycles. The second-order valence-electron chi connectivity index (χ2n) is 6.44. The smallest absolute Gasteiger partial charge is 0.139 e. The van der Waals surface area contributed by atoms with Crippen LogP contribution in [0, 0.1) is 0 Å². The van der Waals surface area contributed by atoms with E-state index in [4.69, 9.17) is 12.2 Å². The Labute approximate surface area is 146 Å². The van der Waals surface area contributed by atoms with Crippen LogP contribution in [0.5, 0.6) is 0 Å². The van der Waals surface area contributed by atoms with Gasteiger partial charge in [0.1, 0.15) is 10.5 Å². The first-order valence-corrected chi connectivity index (χ1v) is 9.50. The van der Waals surface area contributed by atoms with Gasteiger partial charge in [0.15, 0.2) is 0 Å². The minimum Gasteiger partial charge on any atom is -0.337 e. The fraction of sp³-hybridized carbons (Fsp3) is 0.316. The van der Waals surface area contributed by atoms with Gasteiger partial charge in [-0.1, -0.05) is 72.5 Å². The van der Waals surface area contributed by atoms with Crippen molar-refractivity contribution in [3.8, 4) is 0 Å². The highest BCUT2D eigenvalue weighted by Crippen LogP contribution is 2.50. The molecule has 3 aliphatic rings. The molecule has 2 atom stereocenters. The van der Waals surface area contributed by atoms with Crippen LogP contribution in [0.4, 0.5) is 0 Å². The van der Waals surface area contributed by atoms with Crippen molar-refractivity contribution in [1.29, 1.82) is 0 Å². The molecule has 116 valence electrons. The van der Waals surface area contributed by atoms with Crippen LogP contribution in [0.2, 0.25) is 0 Å². The monoisotopic (exact) mass is 338 g/mol. The third-order valence-corrected chi connectivity index (χ3v) is 6.98.